The molecule has 1 aromatic carbocycles. The number of hydrogen-bond donors (Lipinski definition) is 3. The van der Waals surface area contributed by atoms with E-state index in [4.69, 9.17) is 15.9 Å². The van der Waals surface area contributed by atoms with Crippen molar-refractivity contribution in [1.82, 2.24) is 9.55 Å². The normalized spacial score (nSPS) is 22.4. The van der Waals surface area contributed by atoms with Crippen LogP contribution in [0.15, 0.2) is 42.6 Å². The molecule has 0 radical (unpaired) electrons. The molecule has 1 aliphatic rings. The average Bonchev–Trinajstić information content (AvgIpc) is 3.21. The number of pyridine rings is 1. The molecule has 6 heteroatoms. The van der Waals surface area contributed by atoms with Crippen molar-refractivity contribution in [1.29, 1.82) is 5.41 Å². The topological polar surface area (TPSA) is 97.2 Å². The largest absolute Gasteiger partial charge is 0.390 e. The molecular weight excluding hydrogens is 340 g/mol. The lowest BCUT2D eigenvalue weighted by molar-refractivity contribution is -0.0209. The molecule has 2 aromatic heterocycles. The first kappa shape index (κ1) is 17.7. The third-order valence-corrected chi connectivity index (χ3v) is 5.27. The van der Waals surface area contributed by atoms with Crippen LogP contribution in [0.1, 0.15) is 35.9 Å². The number of aromatic nitrogens is 2. The average molecular weight is 364 g/mol. The highest BCUT2D eigenvalue weighted by Crippen LogP contribution is 2.33. The summed E-state index contributed by atoms with van der Waals surface area (Å²) in [4.78, 5) is 4.59. The first-order valence-corrected chi connectivity index (χ1v) is 9.22. The van der Waals surface area contributed by atoms with Crippen LogP contribution in [0, 0.1) is 12.3 Å². The lowest BCUT2D eigenvalue weighted by Gasteiger charge is -2.17. The maximum Gasteiger partial charge on any atom is 0.138 e. The number of benzene rings is 1. The van der Waals surface area contributed by atoms with Gasteiger partial charge in [0.25, 0.3) is 0 Å². The van der Waals surface area contributed by atoms with Crippen molar-refractivity contribution in [2.24, 2.45) is 0 Å². The van der Waals surface area contributed by atoms with Gasteiger partial charge >= 0.3 is 0 Å². The standard InChI is InChI=1S/C21H24N4O2/c1-13-2-5-15-6-3-14(10-17(15)24-13)4-7-19-18(26)11-20(27-19)25-9-8-16(12-22)21(25)23/h2-3,5-6,8-10,12,18-20,22,26H,4,7,11,23H2,1H3/t18-,19+,20+/m0/s1. The zero-order valence-corrected chi connectivity index (χ0v) is 15.3. The zero-order valence-electron chi connectivity index (χ0n) is 15.3. The van der Waals surface area contributed by atoms with E-state index in [0.29, 0.717) is 17.8 Å². The number of nitrogens with two attached hydrogens (primary N) is 1. The molecule has 4 rings (SSSR count). The molecule has 140 valence electrons. The summed E-state index contributed by atoms with van der Waals surface area (Å²) >= 11 is 0. The Balaban J connectivity index is 1.44. The number of aliphatic hydroxyl groups excluding tert-OH is 1. The second-order valence-electron chi connectivity index (χ2n) is 7.16. The molecule has 6 nitrogen and oxygen atoms in total. The van der Waals surface area contributed by atoms with Gasteiger partial charge in [-0.15, -0.1) is 0 Å². The van der Waals surface area contributed by atoms with Gasteiger partial charge in [-0.1, -0.05) is 18.2 Å². The molecule has 3 aromatic rings. The number of nitrogens with one attached hydrogen (secondary N) is 1. The van der Waals surface area contributed by atoms with Crippen LogP contribution in [0.2, 0.25) is 0 Å². The van der Waals surface area contributed by atoms with Crippen LogP contribution in [-0.4, -0.2) is 33.1 Å². The highest BCUT2D eigenvalue weighted by atomic mass is 16.5. The Bertz CT molecular complexity index is 981. The fourth-order valence-electron chi connectivity index (χ4n) is 3.72. The van der Waals surface area contributed by atoms with Gasteiger partial charge in [0.15, 0.2) is 0 Å². The number of ether oxygens (including phenoxy) is 1. The first-order valence-electron chi connectivity index (χ1n) is 9.22. The third-order valence-electron chi connectivity index (χ3n) is 5.27. The third kappa shape index (κ3) is 3.46. The van der Waals surface area contributed by atoms with Crippen LogP contribution in [0.3, 0.4) is 0 Å². The van der Waals surface area contributed by atoms with Gasteiger partial charge in [0.2, 0.25) is 0 Å². The minimum absolute atomic E-state index is 0.235. The molecular formula is C21H24N4O2. The number of anilines is 1. The summed E-state index contributed by atoms with van der Waals surface area (Å²) in [6.07, 6.45) is 4.03. The van der Waals surface area contributed by atoms with Crippen molar-refractivity contribution >= 4 is 22.9 Å². The Hall–Kier alpha value is -2.70. The van der Waals surface area contributed by atoms with Crippen LogP contribution in [0.4, 0.5) is 5.82 Å². The molecule has 0 spiro atoms. The number of aryl methyl sites for hydroxylation is 2. The second kappa shape index (κ2) is 7.13. The fraction of sp³-hybridized carbons (Fsp3) is 0.333. The Morgan fingerprint density at radius 1 is 1.33 bits per heavy atom. The lowest BCUT2D eigenvalue weighted by atomic mass is 10.0. The number of rotatable bonds is 5. The summed E-state index contributed by atoms with van der Waals surface area (Å²) in [7, 11) is 0. The van der Waals surface area contributed by atoms with E-state index >= 15 is 0 Å². The van der Waals surface area contributed by atoms with E-state index in [1.54, 1.807) is 10.6 Å². The highest BCUT2D eigenvalue weighted by Gasteiger charge is 2.35. The van der Waals surface area contributed by atoms with Crippen molar-refractivity contribution < 1.29 is 9.84 Å². The highest BCUT2D eigenvalue weighted by molar-refractivity contribution is 5.83. The summed E-state index contributed by atoms with van der Waals surface area (Å²) < 4.78 is 7.87. The van der Waals surface area contributed by atoms with Gasteiger partial charge in [0, 0.05) is 35.5 Å². The van der Waals surface area contributed by atoms with Gasteiger partial charge in [0.1, 0.15) is 12.0 Å². The first-order chi connectivity index (χ1) is 13.0. The van der Waals surface area contributed by atoms with E-state index in [0.717, 1.165) is 29.4 Å². The maximum atomic E-state index is 10.4. The molecule has 0 unspecified atom stereocenters. The Morgan fingerprint density at radius 3 is 2.93 bits per heavy atom. The minimum atomic E-state index is -0.527. The molecule has 3 heterocycles. The quantitative estimate of drug-likeness (QED) is 0.606. The number of fused-ring (bicyclic) bond motifs is 1. The summed E-state index contributed by atoms with van der Waals surface area (Å²) in [5, 5.41) is 18.9. The lowest BCUT2D eigenvalue weighted by Crippen LogP contribution is -2.21. The summed E-state index contributed by atoms with van der Waals surface area (Å²) in [6.45, 7) is 1.99. The fourth-order valence-corrected chi connectivity index (χ4v) is 3.72. The van der Waals surface area contributed by atoms with Gasteiger partial charge in [0.05, 0.1) is 17.7 Å². The van der Waals surface area contributed by atoms with Crippen molar-refractivity contribution in [3.8, 4) is 0 Å². The van der Waals surface area contributed by atoms with E-state index < -0.39 is 6.10 Å². The van der Waals surface area contributed by atoms with Crippen LogP contribution in [0.25, 0.3) is 10.9 Å². The van der Waals surface area contributed by atoms with E-state index in [1.807, 2.05) is 19.2 Å². The minimum Gasteiger partial charge on any atom is -0.390 e. The summed E-state index contributed by atoms with van der Waals surface area (Å²) in [5.74, 6) is 0.499. The Kier molecular flexibility index (Phi) is 4.68. The Labute approximate surface area is 158 Å². The van der Waals surface area contributed by atoms with Gasteiger partial charge in [-0.2, -0.15) is 0 Å². The smallest absolute Gasteiger partial charge is 0.138 e. The van der Waals surface area contributed by atoms with Gasteiger partial charge in [-0.25, -0.2) is 0 Å². The van der Waals surface area contributed by atoms with E-state index in [-0.39, 0.29) is 12.3 Å². The van der Waals surface area contributed by atoms with E-state index in [9.17, 15) is 5.11 Å². The van der Waals surface area contributed by atoms with Crippen LogP contribution in [0.5, 0.6) is 0 Å². The molecule has 0 aliphatic carbocycles. The maximum absolute atomic E-state index is 10.4. The zero-order chi connectivity index (χ0) is 19.0. The number of nitrogen functional groups attached to an aromatic ring is 1. The van der Waals surface area contributed by atoms with Gasteiger partial charge < -0.3 is 25.6 Å². The van der Waals surface area contributed by atoms with Crippen LogP contribution in [-0.2, 0) is 11.2 Å². The SMILES string of the molecule is Cc1ccc2ccc(CC[C@H]3O[C@@H](n4ccc(C=N)c4N)C[C@@H]3O)cc2n1. The molecule has 0 bridgehead atoms. The molecule has 4 N–H and O–H groups in total. The van der Waals surface area contributed by atoms with Crippen LogP contribution >= 0.6 is 0 Å². The molecule has 1 saturated heterocycles. The van der Waals surface area contributed by atoms with E-state index in [1.165, 1.54) is 11.8 Å². The molecule has 0 saturated carbocycles. The predicted molar refractivity (Wildman–Crippen MR) is 106 cm³/mol. The van der Waals surface area contributed by atoms with Gasteiger partial charge in [-0.3, -0.25) is 4.98 Å². The molecule has 1 fully saturated rings. The van der Waals surface area contributed by atoms with Crippen molar-refractivity contribution in [3.63, 3.8) is 0 Å². The van der Waals surface area contributed by atoms with Crippen molar-refractivity contribution in [2.75, 3.05) is 5.73 Å². The van der Waals surface area contributed by atoms with Crippen LogP contribution < -0.4 is 5.73 Å². The number of nitrogens with zero attached hydrogens (tertiary/aromatic N) is 2. The predicted octanol–water partition coefficient (Wildman–Crippen LogP) is 3.21. The molecule has 27 heavy (non-hydrogen) atoms. The molecule has 0 amide bonds. The Morgan fingerprint density at radius 2 is 2.15 bits per heavy atom. The van der Waals surface area contributed by atoms with E-state index in [2.05, 4.69) is 29.2 Å². The summed E-state index contributed by atoms with van der Waals surface area (Å²) in [6, 6.07) is 12.2. The molecule has 3 atom stereocenters. The van der Waals surface area contributed by atoms with Crippen molar-refractivity contribution in [2.45, 2.75) is 44.6 Å². The molecule has 1 aliphatic heterocycles. The number of aliphatic hydroxyl groups is 1. The number of hydrogen-bond acceptors (Lipinski definition) is 5. The van der Waals surface area contributed by atoms with Crippen molar-refractivity contribution in [3.05, 3.63) is 59.4 Å². The second-order valence-corrected chi connectivity index (χ2v) is 7.16. The monoisotopic (exact) mass is 364 g/mol. The summed E-state index contributed by atoms with van der Waals surface area (Å²) in [5.41, 5.74) is 9.91. The van der Waals surface area contributed by atoms with Gasteiger partial charge in [-0.05, 0) is 43.5 Å².